The highest BCUT2D eigenvalue weighted by Gasteiger charge is 2.25. The molecule has 1 aliphatic rings. The minimum Gasteiger partial charge on any atom is -0.327 e. The van der Waals surface area contributed by atoms with E-state index in [1.165, 1.54) is 12.8 Å². The molecule has 2 heteroatoms. The smallest absolute Gasteiger partial charge is 0.134 e. The predicted molar refractivity (Wildman–Crippen MR) is 59.0 cm³/mol. The van der Waals surface area contributed by atoms with E-state index in [0.29, 0.717) is 18.1 Å². The van der Waals surface area contributed by atoms with Crippen LogP contribution in [-0.4, -0.2) is 11.8 Å². The van der Waals surface area contributed by atoms with Crippen LogP contribution >= 0.6 is 0 Å². The van der Waals surface area contributed by atoms with Gasteiger partial charge in [0.05, 0.1) is 0 Å². The third-order valence-electron chi connectivity index (χ3n) is 2.58. The summed E-state index contributed by atoms with van der Waals surface area (Å²) in [6.07, 6.45) is 4.79. The zero-order valence-electron chi connectivity index (χ0n) is 9.68. The molecule has 0 aromatic rings. The lowest BCUT2D eigenvalue weighted by atomic mass is 9.86. The Bertz CT molecular complexity index is 201. The van der Waals surface area contributed by atoms with E-state index >= 15 is 0 Å². The molecule has 2 nitrogen and oxygen atoms in total. The van der Waals surface area contributed by atoms with Gasteiger partial charge in [0.2, 0.25) is 0 Å². The van der Waals surface area contributed by atoms with Gasteiger partial charge in [0.25, 0.3) is 0 Å². The van der Waals surface area contributed by atoms with Crippen LogP contribution in [0.1, 0.15) is 52.9 Å². The molecule has 0 heterocycles. The van der Waals surface area contributed by atoms with Crippen molar-refractivity contribution in [2.75, 3.05) is 0 Å². The first-order chi connectivity index (χ1) is 6.37. The van der Waals surface area contributed by atoms with Crippen LogP contribution in [0, 0.1) is 11.3 Å². The molecule has 0 spiro atoms. The van der Waals surface area contributed by atoms with Gasteiger partial charge in [0.1, 0.15) is 5.78 Å². The van der Waals surface area contributed by atoms with Crippen molar-refractivity contribution in [2.24, 2.45) is 17.1 Å². The molecule has 0 saturated heterocycles. The molecular weight excluding hydrogens is 174 g/mol. The molecule has 2 N–H and O–H groups in total. The number of hydrogen-bond acceptors (Lipinski definition) is 2. The lowest BCUT2D eigenvalue weighted by Gasteiger charge is -2.22. The fraction of sp³-hybridized carbons (Fsp3) is 0.917. The number of rotatable bonds is 5. The van der Waals surface area contributed by atoms with Gasteiger partial charge in [-0.15, -0.1) is 0 Å². The van der Waals surface area contributed by atoms with Gasteiger partial charge in [-0.2, -0.15) is 0 Å². The monoisotopic (exact) mass is 197 g/mol. The molecule has 1 saturated carbocycles. The van der Waals surface area contributed by atoms with E-state index in [1.807, 2.05) is 0 Å². The van der Waals surface area contributed by atoms with E-state index in [1.54, 1.807) is 0 Å². The number of ketones is 1. The summed E-state index contributed by atoms with van der Waals surface area (Å²) in [6, 6.07) is 0.0567. The molecule has 14 heavy (non-hydrogen) atoms. The number of carbonyl (C=O) groups is 1. The molecule has 0 amide bonds. The Labute approximate surface area is 87.2 Å². The van der Waals surface area contributed by atoms with E-state index in [9.17, 15) is 4.79 Å². The van der Waals surface area contributed by atoms with Crippen LogP contribution in [0.4, 0.5) is 0 Å². The van der Waals surface area contributed by atoms with Gasteiger partial charge in [-0.3, -0.25) is 4.79 Å². The molecule has 0 radical (unpaired) electrons. The minimum absolute atomic E-state index is 0.0567. The summed E-state index contributed by atoms with van der Waals surface area (Å²) in [5.41, 5.74) is 6.17. The Balaban J connectivity index is 2.18. The zero-order valence-corrected chi connectivity index (χ0v) is 9.68. The molecule has 0 bridgehead atoms. The fourth-order valence-corrected chi connectivity index (χ4v) is 1.88. The van der Waals surface area contributed by atoms with Crippen molar-refractivity contribution in [3.8, 4) is 0 Å². The van der Waals surface area contributed by atoms with Crippen LogP contribution in [0.25, 0.3) is 0 Å². The second-order valence-corrected chi connectivity index (χ2v) is 5.92. The maximum Gasteiger partial charge on any atom is 0.134 e. The lowest BCUT2D eigenvalue weighted by molar-refractivity contribution is -0.119. The van der Waals surface area contributed by atoms with Gasteiger partial charge in [0, 0.05) is 18.9 Å². The third-order valence-corrected chi connectivity index (χ3v) is 2.58. The molecule has 1 fully saturated rings. The summed E-state index contributed by atoms with van der Waals surface area (Å²) in [5, 5.41) is 0. The summed E-state index contributed by atoms with van der Waals surface area (Å²) in [6.45, 7) is 6.49. The molecular formula is C12H23NO. The van der Waals surface area contributed by atoms with Gasteiger partial charge >= 0.3 is 0 Å². The molecule has 1 rings (SSSR count). The van der Waals surface area contributed by atoms with Crippen molar-refractivity contribution in [2.45, 2.75) is 58.9 Å². The zero-order chi connectivity index (χ0) is 10.8. The fourth-order valence-electron chi connectivity index (χ4n) is 1.88. The van der Waals surface area contributed by atoms with Crippen molar-refractivity contribution in [1.29, 1.82) is 0 Å². The summed E-state index contributed by atoms with van der Waals surface area (Å²) < 4.78 is 0. The summed E-state index contributed by atoms with van der Waals surface area (Å²) in [5.74, 6) is 1.06. The molecule has 82 valence electrons. The summed E-state index contributed by atoms with van der Waals surface area (Å²) in [4.78, 5) is 11.5. The van der Waals surface area contributed by atoms with Crippen molar-refractivity contribution in [1.82, 2.24) is 0 Å². The van der Waals surface area contributed by atoms with E-state index in [0.717, 1.165) is 12.8 Å². The number of carbonyl (C=O) groups excluding carboxylic acids is 1. The topological polar surface area (TPSA) is 43.1 Å². The predicted octanol–water partition coefficient (Wildman–Crippen LogP) is 2.51. The van der Waals surface area contributed by atoms with Crippen molar-refractivity contribution in [3.63, 3.8) is 0 Å². The molecule has 1 atom stereocenters. The largest absolute Gasteiger partial charge is 0.327 e. The molecule has 0 aromatic carbocycles. The van der Waals surface area contributed by atoms with Crippen LogP contribution < -0.4 is 5.73 Å². The second-order valence-electron chi connectivity index (χ2n) is 5.92. The van der Waals surface area contributed by atoms with Crippen molar-refractivity contribution in [3.05, 3.63) is 0 Å². The normalized spacial score (nSPS) is 19.4. The third kappa shape index (κ3) is 5.38. The second kappa shape index (κ2) is 4.43. The maximum atomic E-state index is 11.5. The van der Waals surface area contributed by atoms with Gasteiger partial charge in [-0.25, -0.2) is 0 Å². The first-order valence-electron chi connectivity index (χ1n) is 5.64. The Morgan fingerprint density at radius 1 is 1.43 bits per heavy atom. The SMILES string of the molecule is CC(C)(C)CC(N)CC(=O)CC1CC1. The highest BCUT2D eigenvalue weighted by atomic mass is 16.1. The molecule has 0 aromatic heterocycles. The Kier molecular flexibility index (Phi) is 3.71. The number of Topliss-reactive ketones (excluding diaryl/α,β-unsaturated/α-hetero) is 1. The number of hydrogen-bond donors (Lipinski definition) is 1. The van der Waals surface area contributed by atoms with E-state index < -0.39 is 0 Å². The standard InChI is InChI=1S/C12H23NO/c1-12(2,3)8-10(13)7-11(14)6-9-4-5-9/h9-10H,4-8,13H2,1-3H3. The van der Waals surface area contributed by atoms with Crippen LogP contribution in [0.15, 0.2) is 0 Å². The van der Waals surface area contributed by atoms with Crippen LogP contribution in [0.3, 0.4) is 0 Å². The highest BCUT2D eigenvalue weighted by molar-refractivity contribution is 5.79. The first kappa shape index (κ1) is 11.7. The average molecular weight is 197 g/mol. The minimum atomic E-state index is 0.0567. The molecule has 0 aliphatic heterocycles. The maximum absolute atomic E-state index is 11.5. The average Bonchev–Trinajstić information content (AvgIpc) is 2.64. The van der Waals surface area contributed by atoms with Gasteiger partial charge in [0.15, 0.2) is 0 Å². The summed E-state index contributed by atoms with van der Waals surface area (Å²) >= 11 is 0. The van der Waals surface area contributed by atoms with Crippen LogP contribution in [0.2, 0.25) is 0 Å². The lowest BCUT2D eigenvalue weighted by Crippen LogP contribution is -2.29. The van der Waals surface area contributed by atoms with Gasteiger partial charge in [-0.05, 0) is 30.6 Å². The van der Waals surface area contributed by atoms with E-state index in [-0.39, 0.29) is 11.5 Å². The van der Waals surface area contributed by atoms with Gasteiger partial charge in [-0.1, -0.05) is 20.8 Å². The Hall–Kier alpha value is -0.370. The van der Waals surface area contributed by atoms with Crippen molar-refractivity contribution >= 4 is 5.78 Å². The molecule has 1 unspecified atom stereocenters. The molecule has 1 aliphatic carbocycles. The Morgan fingerprint density at radius 3 is 2.43 bits per heavy atom. The van der Waals surface area contributed by atoms with E-state index in [2.05, 4.69) is 20.8 Å². The van der Waals surface area contributed by atoms with Crippen LogP contribution in [-0.2, 0) is 4.79 Å². The van der Waals surface area contributed by atoms with Crippen molar-refractivity contribution < 1.29 is 4.79 Å². The summed E-state index contributed by atoms with van der Waals surface area (Å²) in [7, 11) is 0. The Morgan fingerprint density at radius 2 is 2.00 bits per heavy atom. The van der Waals surface area contributed by atoms with Crippen LogP contribution in [0.5, 0.6) is 0 Å². The van der Waals surface area contributed by atoms with Gasteiger partial charge < -0.3 is 5.73 Å². The quantitative estimate of drug-likeness (QED) is 0.736. The van der Waals surface area contributed by atoms with E-state index in [4.69, 9.17) is 5.73 Å². The highest BCUT2D eigenvalue weighted by Crippen LogP contribution is 2.33. The first-order valence-corrected chi connectivity index (χ1v) is 5.64. The number of nitrogens with two attached hydrogens (primary N) is 1.